The molecule has 0 saturated carbocycles. The summed E-state index contributed by atoms with van der Waals surface area (Å²) in [5.41, 5.74) is 2.33. The topological polar surface area (TPSA) is 85.7 Å². The van der Waals surface area contributed by atoms with Crippen LogP contribution in [0.1, 0.15) is 15.9 Å². The van der Waals surface area contributed by atoms with Gasteiger partial charge in [-0.05, 0) is 36.4 Å². The summed E-state index contributed by atoms with van der Waals surface area (Å²) >= 11 is 0. The van der Waals surface area contributed by atoms with Crippen LogP contribution >= 0.6 is 0 Å². The molecule has 2 aromatic carbocycles. The average molecular weight is 364 g/mol. The zero-order chi connectivity index (χ0) is 19.2. The van der Waals surface area contributed by atoms with E-state index in [1.807, 2.05) is 24.3 Å². The van der Waals surface area contributed by atoms with Crippen LogP contribution in [-0.2, 0) is 4.79 Å². The van der Waals surface area contributed by atoms with E-state index in [0.717, 1.165) is 25.2 Å². The number of hydrogen-bond acceptors (Lipinski definition) is 5. The van der Waals surface area contributed by atoms with Crippen molar-refractivity contribution in [2.75, 3.05) is 43.5 Å². The Morgan fingerprint density at radius 2 is 1.96 bits per heavy atom. The highest BCUT2D eigenvalue weighted by molar-refractivity contribution is 6.05. The van der Waals surface area contributed by atoms with Gasteiger partial charge < -0.3 is 19.9 Å². The van der Waals surface area contributed by atoms with Crippen molar-refractivity contribution in [3.05, 3.63) is 53.6 Å². The number of piperazine rings is 1. The first-order chi connectivity index (χ1) is 13.1. The van der Waals surface area contributed by atoms with Gasteiger partial charge >= 0.3 is 0 Å². The number of carbonyl (C=O) groups excluding carboxylic acids is 2. The molecule has 1 aliphatic heterocycles. The standard InChI is InChI=1S/C20H20N4O3/c1-27-19-6-5-17(24-9-7-23(14-25)8-10-24)12-18(19)22-20(26)16-4-2-3-15(11-16)13-21/h2-6,11-12,14H,7-10H2,1H3,(H,22,26). The molecule has 3 rings (SSSR count). The van der Waals surface area contributed by atoms with Gasteiger partial charge in [-0.2, -0.15) is 5.26 Å². The molecule has 7 nitrogen and oxygen atoms in total. The Morgan fingerprint density at radius 3 is 2.63 bits per heavy atom. The van der Waals surface area contributed by atoms with Crippen LogP contribution in [0.3, 0.4) is 0 Å². The van der Waals surface area contributed by atoms with E-state index >= 15 is 0 Å². The predicted octanol–water partition coefficient (Wildman–Crippen LogP) is 2.10. The molecule has 2 amide bonds. The van der Waals surface area contributed by atoms with Gasteiger partial charge in [0.05, 0.1) is 24.4 Å². The van der Waals surface area contributed by atoms with E-state index in [2.05, 4.69) is 10.2 Å². The van der Waals surface area contributed by atoms with E-state index in [1.54, 1.807) is 36.3 Å². The summed E-state index contributed by atoms with van der Waals surface area (Å²) in [4.78, 5) is 27.3. The number of carbonyl (C=O) groups is 2. The minimum Gasteiger partial charge on any atom is -0.495 e. The Labute approximate surface area is 157 Å². The van der Waals surface area contributed by atoms with Crippen LogP contribution in [-0.4, -0.2) is 50.5 Å². The lowest BCUT2D eigenvalue weighted by Gasteiger charge is -2.34. The molecule has 0 aliphatic carbocycles. The van der Waals surface area contributed by atoms with E-state index in [9.17, 15) is 9.59 Å². The molecule has 138 valence electrons. The van der Waals surface area contributed by atoms with Crippen molar-refractivity contribution in [1.82, 2.24) is 4.90 Å². The number of rotatable bonds is 5. The molecule has 1 aliphatic rings. The smallest absolute Gasteiger partial charge is 0.255 e. The number of benzene rings is 2. The maximum absolute atomic E-state index is 12.6. The van der Waals surface area contributed by atoms with Crippen molar-refractivity contribution in [3.63, 3.8) is 0 Å². The molecular formula is C20H20N4O3. The summed E-state index contributed by atoms with van der Waals surface area (Å²) < 4.78 is 5.36. The second kappa shape index (κ2) is 8.23. The molecule has 1 heterocycles. The lowest BCUT2D eigenvalue weighted by atomic mass is 10.1. The van der Waals surface area contributed by atoms with Crippen LogP contribution in [0.25, 0.3) is 0 Å². The van der Waals surface area contributed by atoms with Gasteiger partial charge in [0, 0.05) is 37.4 Å². The van der Waals surface area contributed by atoms with Crippen LogP contribution in [0.4, 0.5) is 11.4 Å². The summed E-state index contributed by atoms with van der Waals surface area (Å²) in [5.74, 6) is 0.239. The van der Waals surface area contributed by atoms with Crippen LogP contribution in [0.2, 0.25) is 0 Å². The molecule has 27 heavy (non-hydrogen) atoms. The summed E-state index contributed by atoms with van der Waals surface area (Å²) in [6.07, 6.45) is 0.867. The molecular weight excluding hydrogens is 344 g/mol. The van der Waals surface area contributed by atoms with E-state index in [-0.39, 0.29) is 5.91 Å². The molecule has 0 bridgehead atoms. The fourth-order valence-electron chi connectivity index (χ4n) is 3.00. The first-order valence-electron chi connectivity index (χ1n) is 8.58. The number of methoxy groups -OCH3 is 1. The monoisotopic (exact) mass is 364 g/mol. The lowest BCUT2D eigenvalue weighted by Crippen LogP contribution is -2.45. The summed E-state index contributed by atoms with van der Waals surface area (Å²) in [7, 11) is 1.55. The van der Waals surface area contributed by atoms with Crippen LogP contribution < -0.4 is 15.0 Å². The van der Waals surface area contributed by atoms with Crippen molar-refractivity contribution in [3.8, 4) is 11.8 Å². The summed E-state index contributed by atoms with van der Waals surface area (Å²) in [6.45, 7) is 2.78. The molecule has 1 fully saturated rings. The zero-order valence-corrected chi connectivity index (χ0v) is 15.0. The molecule has 0 spiro atoms. The quantitative estimate of drug-likeness (QED) is 0.821. The van der Waals surface area contributed by atoms with Gasteiger partial charge in [0.15, 0.2) is 0 Å². The maximum Gasteiger partial charge on any atom is 0.255 e. The van der Waals surface area contributed by atoms with Gasteiger partial charge in [-0.1, -0.05) is 6.07 Å². The van der Waals surface area contributed by atoms with Crippen molar-refractivity contribution >= 4 is 23.7 Å². The number of nitriles is 1. The number of nitrogens with one attached hydrogen (secondary N) is 1. The Morgan fingerprint density at radius 1 is 1.19 bits per heavy atom. The Hall–Kier alpha value is -3.53. The van der Waals surface area contributed by atoms with Crippen LogP contribution in [0.15, 0.2) is 42.5 Å². The minimum atomic E-state index is -0.312. The Bertz CT molecular complexity index is 883. The van der Waals surface area contributed by atoms with Crippen molar-refractivity contribution < 1.29 is 14.3 Å². The van der Waals surface area contributed by atoms with Gasteiger partial charge in [-0.3, -0.25) is 9.59 Å². The number of ether oxygens (including phenoxy) is 1. The van der Waals surface area contributed by atoms with E-state index in [1.165, 1.54) is 0 Å². The number of amides is 2. The van der Waals surface area contributed by atoms with Gasteiger partial charge in [0.1, 0.15) is 5.75 Å². The van der Waals surface area contributed by atoms with E-state index in [0.29, 0.717) is 35.7 Å². The van der Waals surface area contributed by atoms with Gasteiger partial charge in [-0.25, -0.2) is 0 Å². The molecule has 0 unspecified atom stereocenters. The highest BCUT2D eigenvalue weighted by Crippen LogP contribution is 2.30. The first kappa shape index (κ1) is 18.3. The Kier molecular flexibility index (Phi) is 5.57. The third kappa shape index (κ3) is 4.18. The number of nitrogens with zero attached hydrogens (tertiary/aromatic N) is 3. The first-order valence-corrected chi connectivity index (χ1v) is 8.58. The SMILES string of the molecule is COc1ccc(N2CCN(C=O)CC2)cc1NC(=O)c1cccc(C#N)c1. The second-order valence-corrected chi connectivity index (χ2v) is 6.16. The fraction of sp³-hybridized carbons (Fsp3) is 0.250. The largest absolute Gasteiger partial charge is 0.495 e. The third-order valence-electron chi connectivity index (χ3n) is 4.51. The van der Waals surface area contributed by atoms with E-state index in [4.69, 9.17) is 10.00 Å². The van der Waals surface area contributed by atoms with Crippen molar-refractivity contribution in [2.45, 2.75) is 0 Å². The van der Waals surface area contributed by atoms with Crippen LogP contribution in [0.5, 0.6) is 5.75 Å². The maximum atomic E-state index is 12.6. The minimum absolute atomic E-state index is 0.312. The van der Waals surface area contributed by atoms with Gasteiger partial charge in [0.25, 0.3) is 5.91 Å². The zero-order valence-electron chi connectivity index (χ0n) is 15.0. The normalized spacial score (nSPS) is 13.6. The summed E-state index contributed by atoms with van der Waals surface area (Å²) in [5, 5.41) is 11.9. The second-order valence-electron chi connectivity index (χ2n) is 6.16. The fourth-order valence-corrected chi connectivity index (χ4v) is 3.00. The number of anilines is 2. The molecule has 1 saturated heterocycles. The van der Waals surface area contributed by atoms with Crippen molar-refractivity contribution in [1.29, 1.82) is 5.26 Å². The predicted molar refractivity (Wildman–Crippen MR) is 102 cm³/mol. The Balaban J connectivity index is 1.80. The molecule has 0 radical (unpaired) electrons. The summed E-state index contributed by atoms with van der Waals surface area (Å²) in [6, 6.07) is 14.2. The number of hydrogen-bond donors (Lipinski definition) is 1. The third-order valence-corrected chi connectivity index (χ3v) is 4.51. The molecule has 1 N–H and O–H groups in total. The van der Waals surface area contributed by atoms with Gasteiger partial charge in [-0.15, -0.1) is 0 Å². The highest BCUT2D eigenvalue weighted by atomic mass is 16.5. The van der Waals surface area contributed by atoms with Crippen LogP contribution in [0, 0.1) is 11.3 Å². The molecule has 2 aromatic rings. The molecule has 7 heteroatoms. The highest BCUT2D eigenvalue weighted by Gasteiger charge is 2.18. The van der Waals surface area contributed by atoms with Crippen molar-refractivity contribution in [2.24, 2.45) is 0 Å². The van der Waals surface area contributed by atoms with Gasteiger partial charge in [0.2, 0.25) is 6.41 Å². The van der Waals surface area contributed by atoms with E-state index < -0.39 is 0 Å². The molecule has 0 aromatic heterocycles. The molecule has 0 atom stereocenters. The lowest BCUT2D eigenvalue weighted by molar-refractivity contribution is -0.118. The average Bonchev–Trinajstić information content (AvgIpc) is 2.73.